The van der Waals surface area contributed by atoms with Gasteiger partial charge >= 0.3 is 64.3 Å². The number of phosphoric acid groups is 1. The fraction of sp³-hybridized carbons (Fsp3) is 1.00. The zero-order valence-corrected chi connectivity index (χ0v) is 9.78. The Hall–Kier alpha value is 1.07. The molecule has 5 nitrogen and oxygen atoms in total. The molecule has 0 heterocycles. The molecular formula is C4H12NaO5P. The van der Waals surface area contributed by atoms with Gasteiger partial charge in [0.15, 0.2) is 0 Å². The average molecular weight is 194 g/mol. The van der Waals surface area contributed by atoms with Crippen molar-refractivity contribution >= 4 is 35.8 Å². The molecule has 64 valence electrons. The van der Waals surface area contributed by atoms with Gasteiger partial charge in [0.25, 0.3) is 0 Å². The molecule has 0 aliphatic heterocycles. The second-order valence-corrected chi connectivity index (χ2v) is 4.67. The Morgan fingerprint density at radius 1 is 1.55 bits per heavy atom. The minimum atomic E-state index is -4.64. The summed E-state index contributed by atoms with van der Waals surface area (Å²) in [6, 6.07) is 0. The van der Waals surface area contributed by atoms with Crippen molar-refractivity contribution in [2.24, 2.45) is 0 Å². The molecule has 0 aliphatic carbocycles. The number of hydrogen-bond donors (Lipinski definition) is 3. The first kappa shape index (κ1) is 14.6. The van der Waals surface area contributed by atoms with Gasteiger partial charge in [-0.05, 0) is 0 Å². The molecule has 0 spiro atoms. The third kappa shape index (κ3) is 55.0. The molecule has 0 amide bonds. The minimum absolute atomic E-state index is 0.537. The summed E-state index contributed by atoms with van der Waals surface area (Å²) in [6.45, 7) is 4.98. The van der Waals surface area contributed by atoms with E-state index in [0.29, 0.717) is 3.35 Å². The molecule has 0 saturated carbocycles. The zero-order valence-electron chi connectivity index (χ0n) is 6.89. The smallest absolute Gasteiger partial charge is 0.303 e. The Morgan fingerprint density at radius 2 is 1.82 bits per heavy atom. The second kappa shape index (κ2) is 7.71. The first-order chi connectivity index (χ1) is 4.77. The maximum Gasteiger partial charge on any atom is 0.466 e. The van der Waals surface area contributed by atoms with E-state index in [2.05, 4.69) is 6.92 Å². The van der Waals surface area contributed by atoms with Crippen LogP contribution in [0, 0.1) is 0 Å². The van der Waals surface area contributed by atoms with Gasteiger partial charge in [-0.1, -0.05) is 0 Å². The molecule has 0 aliphatic rings. The van der Waals surface area contributed by atoms with Crippen molar-refractivity contribution < 1.29 is 24.0 Å². The van der Waals surface area contributed by atoms with Gasteiger partial charge in [-0.2, -0.15) is 0 Å². The van der Waals surface area contributed by atoms with E-state index in [0.717, 1.165) is 34.5 Å². The SMILES string of the molecule is CCO[CH](C)[Na].O=P(O)(O)O. The van der Waals surface area contributed by atoms with Crippen LogP contribution in [0.2, 0.25) is 0 Å². The van der Waals surface area contributed by atoms with Gasteiger partial charge in [0.2, 0.25) is 0 Å². The molecule has 0 aromatic carbocycles. The molecule has 0 aromatic rings. The largest absolute Gasteiger partial charge is 0.466 e. The van der Waals surface area contributed by atoms with Crippen LogP contribution in [-0.4, -0.2) is 52.6 Å². The van der Waals surface area contributed by atoms with Crippen LogP contribution < -0.4 is 0 Å². The maximum atomic E-state index is 8.88. The van der Waals surface area contributed by atoms with E-state index in [9.17, 15) is 0 Å². The van der Waals surface area contributed by atoms with Crippen molar-refractivity contribution in [1.82, 2.24) is 0 Å². The molecule has 7 heteroatoms. The van der Waals surface area contributed by atoms with Gasteiger partial charge in [0.05, 0.1) is 0 Å². The fourth-order valence-electron chi connectivity index (χ4n) is 0.333. The van der Waals surface area contributed by atoms with Crippen molar-refractivity contribution in [2.45, 2.75) is 17.2 Å². The molecule has 11 heavy (non-hydrogen) atoms. The first-order valence-corrected chi connectivity index (χ1v) is 5.89. The monoisotopic (exact) mass is 194 g/mol. The normalized spacial score (nSPS) is 13.4. The average Bonchev–Trinajstić information content (AvgIpc) is 1.58. The van der Waals surface area contributed by atoms with Crippen molar-refractivity contribution in [3.05, 3.63) is 0 Å². The minimum Gasteiger partial charge on any atom is -0.303 e. The number of ether oxygens (including phenoxy) is 1. The Bertz CT molecular complexity index is 113. The summed E-state index contributed by atoms with van der Waals surface area (Å²) in [6.07, 6.45) is 0. The topological polar surface area (TPSA) is 87.0 Å². The Kier molecular flexibility index (Phi) is 10.2. The molecular weight excluding hydrogens is 182 g/mol. The summed E-state index contributed by atoms with van der Waals surface area (Å²) < 4.78 is 14.5. The van der Waals surface area contributed by atoms with Crippen LogP contribution in [0.3, 0.4) is 0 Å². The molecule has 0 saturated heterocycles. The van der Waals surface area contributed by atoms with Crippen molar-refractivity contribution in [1.29, 1.82) is 0 Å². The van der Waals surface area contributed by atoms with Crippen LogP contribution in [0.1, 0.15) is 13.8 Å². The molecule has 0 radical (unpaired) electrons. The molecule has 1 atom stereocenters. The summed E-state index contributed by atoms with van der Waals surface area (Å²) >= 11 is 1.16. The van der Waals surface area contributed by atoms with E-state index >= 15 is 0 Å². The van der Waals surface area contributed by atoms with Crippen LogP contribution in [0.15, 0.2) is 0 Å². The predicted molar refractivity (Wildman–Crippen MR) is 41.1 cm³/mol. The zero-order chi connectivity index (χ0) is 9.49. The van der Waals surface area contributed by atoms with Crippen LogP contribution in [0.5, 0.6) is 0 Å². The van der Waals surface area contributed by atoms with E-state index in [-0.39, 0.29) is 0 Å². The standard InChI is InChI=1S/C4H9O.Na.H3O4P/c1-3-5-4-2;;1-5(2,3)4/h3H,4H2,1-2H3;;(H3,1,2,3,4). The Balaban J connectivity index is 0. The van der Waals surface area contributed by atoms with Gasteiger partial charge in [-0.25, -0.2) is 4.57 Å². The fourth-order valence-corrected chi connectivity index (χ4v) is 0.667. The first-order valence-electron chi connectivity index (χ1n) is 3.17. The van der Waals surface area contributed by atoms with Crippen LogP contribution in [0.25, 0.3) is 0 Å². The maximum absolute atomic E-state index is 8.88. The third-order valence-electron chi connectivity index (χ3n) is 0.500. The molecule has 0 aromatic heterocycles. The van der Waals surface area contributed by atoms with E-state index in [4.69, 9.17) is 24.0 Å². The summed E-state index contributed by atoms with van der Waals surface area (Å²) in [5.74, 6) is 0. The van der Waals surface area contributed by atoms with Gasteiger partial charge in [-0.15, -0.1) is 0 Å². The third-order valence-corrected chi connectivity index (χ3v) is 0.833. The van der Waals surface area contributed by atoms with Crippen LogP contribution in [0.4, 0.5) is 0 Å². The number of rotatable bonds is 2. The van der Waals surface area contributed by atoms with Gasteiger partial charge in [0.1, 0.15) is 0 Å². The Labute approximate surface area is 83.4 Å². The van der Waals surface area contributed by atoms with Gasteiger partial charge in [0, 0.05) is 0 Å². The van der Waals surface area contributed by atoms with Crippen LogP contribution >= 0.6 is 7.82 Å². The quantitative estimate of drug-likeness (QED) is 0.411. The molecule has 0 fully saturated rings. The van der Waals surface area contributed by atoms with Crippen LogP contribution in [-0.2, 0) is 9.30 Å². The van der Waals surface area contributed by atoms with Crippen molar-refractivity contribution in [2.75, 3.05) is 6.61 Å². The molecule has 0 rings (SSSR count). The summed E-state index contributed by atoms with van der Waals surface area (Å²) in [4.78, 5) is 21.6. The van der Waals surface area contributed by atoms with Crippen molar-refractivity contribution in [3.8, 4) is 0 Å². The molecule has 1 unspecified atom stereocenters. The van der Waals surface area contributed by atoms with E-state index < -0.39 is 7.82 Å². The summed E-state index contributed by atoms with van der Waals surface area (Å²) in [5, 5.41) is 0. The second-order valence-electron chi connectivity index (χ2n) is 2.02. The Morgan fingerprint density at radius 3 is 1.82 bits per heavy atom. The number of hydrogen-bond acceptors (Lipinski definition) is 2. The summed E-state index contributed by atoms with van der Waals surface area (Å²) in [5.41, 5.74) is 0. The van der Waals surface area contributed by atoms with Gasteiger partial charge in [-0.3, -0.25) is 0 Å². The predicted octanol–water partition coefficient (Wildman–Crippen LogP) is -0.391. The molecule has 3 N–H and O–H groups in total. The van der Waals surface area contributed by atoms with E-state index in [1.807, 2.05) is 6.92 Å². The molecule has 0 bridgehead atoms. The van der Waals surface area contributed by atoms with E-state index in [1.54, 1.807) is 0 Å². The summed E-state index contributed by atoms with van der Waals surface area (Å²) in [7, 11) is -4.64. The van der Waals surface area contributed by atoms with Gasteiger partial charge < -0.3 is 14.7 Å². The van der Waals surface area contributed by atoms with Crippen molar-refractivity contribution in [3.63, 3.8) is 0 Å². The van der Waals surface area contributed by atoms with E-state index in [1.165, 1.54) is 0 Å².